The molecule has 1 heterocycles. The summed E-state index contributed by atoms with van der Waals surface area (Å²) in [6, 6.07) is 13.9. The molecule has 0 bridgehead atoms. The number of carboxylic acids is 1. The molecule has 0 radical (unpaired) electrons. The molecule has 2 atom stereocenters. The monoisotopic (exact) mass is 402 g/mol. The van der Waals surface area contributed by atoms with Crippen molar-refractivity contribution in [2.45, 2.75) is 36.2 Å². The van der Waals surface area contributed by atoms with E-state index in [1.54, 1.807) is 36.4 Å². The van der Waals surface area contributed by atoms with Gasteiger partial charge in [0.1, 0.15) is 6.04 Å². The summed E-state index contributed by atoms with van der Waals surface area (Å²) in [5.74, 6) is -2.10. The number of hydrogen-bond donors (Lipinski definition) is 2. The van der Waals surface area contributed by atoms with Gasteiger partial charge in [0.25, 0.3) is 15.9 Å². The number of rotatable bonds is 7. The first kappa shape index (κ1) is 20.0. The van der Waals surface area contributed by atoms with Crippen LogP contribution in [0.3, 0.4) is 0 Å². The highest BCUT2D eigenvalue weighted by atomic mass is 32.2. The highest BCUT2D eigenvalue weighted by molar-refractivity contribution is 7.89. The van der Waals surface area contributed by atoms with Crippen LogP contribution in [-0.4, -0.2) is 48.3 Å². The lowest BCUT2D eigenvalue weighted by molar-refractivity contribution is -0.146. The minimum Gasteiger partial charge on any atom is -0.480 e. The van der Waals surface area contributed by atoms with E-state index >= 15 is 0 Å². The van der Waals surface area contributed by atoms with Crippen molar-refractivity contribution in [3.05, 3.63) is 66.2 Å². The fourth-order valence-corrected chi connectivity index (χ4v) is 4.89. The molecule has 2 N–H and O–H groups in total. The molecule has 1 aliphatic rings. The molecule has 0 aromatic heterocycles. The Bertz CT molecular complexity index is 926. The van der Waals surface area contributed by atoms with Gasteiger partial charge < -0.3 is 10.4 Å². The van der Waals surface area contributed by atoms with Crippen molar-refractivity contribution in [1.29, 1.82) is 0 Å². The highest BCUT2D eigenvalue weighted by Gasteiger charge is 2.42. The lowest BCUT2D eigenvalue weighted by Crippen LogP contribution is -2.54. The third-order valence-electron chi connectivity index (χ3n) is 4.72. The normalized spacial score (nSPS) is 17.8. The Hall–Kier alpha value is -2.71. The van der Waals surface area contributed by atoms with Crippen LogP contribution in [0.4, 0.5) is 0 Å². The summed E-state index contributed by atoms with van der Waals surface area (Å²) >= 11 is 0. The minimum atomic E-state index is -4.34. The van der Waals surface area contributed by atoms with E-state index in [2.05, 4.69) is 5.32 Å². The zero-order chi connectivity index (χ0) is 20.1. The van der Waals surface area contributed by atoms with Crippen LogP contribution in [0.5, 0.6) is 0 Å². The molecular formula is C20H22N2O5S. The van der Waals surface area contributed by atoms with Gasteiger partial charge in [-0.25, -0.2) is 17.5 Å². The first-order chi connectivity index (χ1) is 13.4. The van der Waals surface area contributed by atoms with Crippen LogP contribution in [0.25, 0.3) is 0 Å². The van der Waals surface area contributed by atoms with E-state index in [1.807, 2.05) is 0 Å². The van der Waals surface area contributed by atoms with Gasteiger partial charge >= 0.3 is 5.97 Å². The summed E-state index contributed by atoms with van der Waals surface area (Å²) in [5.41, 5.74) is 0.635. The standard InChI is InChI=1S/C20H22N2O5S/c23-19(17-12-7-13-21-17)22(28(26,27)16-10-5-2-6-11-16)18(20(24)25)14-15-8-3-1-4-9-15/h1-6,8-11,17-18,21H,7,12-14H2,(H,24,25). The SMILES string of the molecule is O=C(O)C(Cc1ccccc1)N(C(=O)C1CCCN1)S(=O)(=O)c1ccccc1. The third-order valence-corrected chi connectivity index (χ3v) is 6.54. The van der Waals surface area contributed by atoms with Gasteiger partial charge in [0.05, 0.1) is 10.9 Å². The van der Waals surface area contributed by atoms with Gasteiger partial charge in [-0.1, -0.05) is 48.5 Å². The van der Waals surface area contributed by atoms with E-state index < -0.39 is 34.0 Å². The smallest absolute Gasteiger partial charge is 0.328 e. The second-order valence-corrected chi connectivity index (χ2v) is 8.46. The summed E-state index contributed by atoms with van der Waals surface area (Å²) in [5, 5.41) is 12.8. The number of carbonyl (C=O) groups is 2. The number of aliphatic carboxylic acids is 1. The molecule has 7 nitrogen and oxygen atoms in total. The second-order valence-electron chi connectivity index (χ2n) is 6.64. The minimum absolute atomic E-state index is 0.110. The van der Waals surface area contributed by atoms with Crippen LogP contribution in [-0.2, 0) is 26.0 Å². The Morgan fingerprint density at radius 2 is 1.68 bits per heavy atom. The van der Waals surface area contributed by atoms with Gasteiger partial charge in [-0.05, 0) is 37.1 Å². The van der Waals surface area contributed by atoms with Crippen LogP contribution in [0, 0.1) is 0 Å². The molecule has 0 saturated carbocycles. The quantitative estimate of drug-likeness (QED) is 0.730. The number of carboxylic acid groups (broad SMARTS) is 1. The molecule has 1 amide bonds. The van der Waals surface area contributed by atoms with Crippen molar-refractivity contribution in [3.8, 4) is 0 Å². The third kappa shape index (κ3) is 4.23. The molecule has 8 heteroatoms. The molecule has 1 aliphatic heterocycles. The lowest BCUT2D eigenvalue weighted by Gasteiger charge is -2.30. The van der Waals surface area contributed by atoms with Crippen LogP contribution in [0.1, 0.15) is 18.4 Å². The summed E-state index contributed by atoms with van der Waals surface area (Å²) in [4.78, 5) is 25.1. The van der Waals surface area contributed by atoms with Crippen molar-refractivity contribution >= 4 is 21.9 Å². The summed E-state index contributed by atoms with van der Waals surface area (Å²) in [6.45, 7) is 0.589. The summed E-state index contributed by atoms with van der Waals surface area (Å²) in [7, 11) is -4.34. The van der Waals surface area contributed by atoms with Crippen molar-refractivity contribution in [3.63, 3.8) is 0 Å². The maximum Gasteiger partial charge on any atom is 0.328 e. The zero-order valence-electron chi connectivity index (χ0n) is 15.2. The Morgan fingerprint density at radius 1 is 1.07 bits per heavy atom. The number of nitrogens with one attached hydrogen (secondary N) is 1. The van der Waals surface area contributed by atoms with E-state index in [9.17, 15) is 23.1 Å². The molecule has 2 aromatic carbocycles. The van der Waals surface area contributed by atoms with Gasteiger partial charge in [-0.15, -0.1) is 0 Å². The average Bonchev–Trinajstić information content (AvgIpc) is 3.23. The van der Waals surface area contributed by atoms with E-state index in [4.69, 9.17) is 0 Å². The number of carbonyl (C=O) groups excluding carboxylic acids is 1. The molecule has 148 valence electrons. The number of sulfonamides is 1. The van der Waals surface area contributed by atoms with Crippen molar-refractivity contribution < 1.29 is 23.1 Å². The van der Waals surface area contributed by atoms with Gasteiger partial charge in [-0.3, -0.25) is 4.79 Å². The highest BCUT2D eigenvalue weighted by Crippen LogP contribution is 2.23. The Kier molecular flexibility index (Phi) is 6.11. The number of benzene rings is 2. The first-order valence-corrected chi connectivity index (χ1v) is 10.5. The second kappa shape index (κ2) is 8.53. The predicted molar refractivity (Wildman–Crippen MR) is 103 cm³/mol. The number of amides is 1. The zero-order valence-corrected chi connectivity index (χ0v) is 16.0. The number of nitrogens with zero attached hydrogens (tertiary/aromatic N) is 1. The Labute approximate surface area is 164 Å². The van der Waals surface area contributed by atoms with Crippen molar-refractivity contribution in [2.24, 2.45) is 0 Å². The summed E-state index contributed by atoms with van der Waals surface area (Å²) < 4.78 is 27.1. The van der Waals surface area contributed by atoms with Gasteiger partial charge in [0.2, 0.25) is 0 Å². The Balaban J connectivity index is 2.05. The van der Waals surface area contributed by atoms with Crippen LogP contribution < -0.4 is 5.32 Å². The van der Waals surface area contributed by atoms with Crippen LogP contribution >= 0.6 is 0 Å². The molecule has 2 unspecified atom stereocenters. The predicted octanol–water partition coefficient (Wildman–Crippen LogP) is 1.65. The maximum atomic E-state index is 13.3. The first-order valence-electron chi connectivity index (χ1n) is 9.04. The molecule has 0 aliphatic carbocycles. The lowest BCUT2D eigenvalue weighted by atomic mass is 10.1. The largest absolute Gasteiger partial charge is 0.480 e. The molecule has 1 saturated heterocycles. The van der Waals surface area contributed by atoms with E-state index in [0.29, 0.717) is 22.8 Å². The van der Waals surface area contributed by atoms with Crippen molar-refractivity contribution in [2.75, 3.05) is 6.54 Å². The van der Waals surface area contributed by atoms with Gasteiger partial charge in [0, 0.05) is 6.42 Å². The van der Waals surface area contributed by atoms with Gasteiger partial charge in [0.15, 0.2) is 0 Å². The molecule has 0 spiro atoms. The topological polar surface area (TPSA) is 104 Å². The molecule has 28 heavy (non-hydrogen) atoms. The number of hydrogen-bond acceptors (Lipinski definition) is 5. The maximum absolute atomic E-state index is 13.3. The van der Waals surface area contributed by atoms with Gasteiger partial charge in [-0.2, -0.15) is 0 Å². The molecular weight excluding hydrogens is 380 g/mol. The Morgan fingerprint density at radius 3 is 2.21 bits per heavy atom. The summed E-state index contributed by atoms with van der Waals surface area (Å²) in [6.07, 6.45) is 1.09. The van der Waals surface area contributed by atoms with E-state index in [1.165, 1.54) is 24.3 Å². The molecule has 2 aromatic rings. The fourth-order valence-electron chi connectivity index (χ4n) is 3.30. The van der Waals surface area contributed by atoms with E-state index in [-0.39, 0.29) is 11.3 Å². The van der Waals surface area contributed by atoms with Crippen molar-refractivity contribution in [1.82, 2.24) is 9.62 Å². The molecule has 1 fully saturated rings. The fraction of sp³-hybridized carbons (Fsp3) is 0.300. The average molecular weight is 402 g/mol. The van der Waals surface area contributed by atoms with E-state index in [0.717, 1.165) is 6.42 Å². The van der Waals surface area contributed by atoms with Crippen LogP contribution in [0.2, 0.25) is 0 Å². The molecule has 3 rings (SSSR count). The van der Waals surface area contributed by atoms with Crippen LogP contribution in [0.15, 0.2) is 65.6 Å².